The van der Waals surface area contributed by atoms with Crippen LogP contribution in [0.3, 0.4) is 0 Å². The molecule has 1 saturated carbocycles. The summed E-state index contributed by atoms with van der Waals surface area (Å²) in [4.78, 5) is 18.9. The Balaban J connectivity index is 1.44. The van der Waals surface area contributed by atoms with Gasteiger partial charge in [0.15, 0.2) is 0 Å². The van der Waals surface area contributed by atoms with Crippen LogP contribution in [0.2, 0.25) is 0 Å². The quantitative estimate of drug-likeness (QED) is 0.849. The van der Waals surface area contributed by atoms with Crippen molar-refractivity contribution in [1.29, 1.82) is 0 Å². The number of carbonyl (C=O) groups is 1. The number of amides is 1. The normalized spacial score (nSPS) is 15.3. The van der Waals surface area contributed by atoms with E-state index in [1.807, 2.05) is 6.92 Å². The summed E-state index contributed by atoms with van der Waals surface area (Å²) in [5, 5.41) is 6.27. The van der Waals surface area contributed by atoms with Crippen molar-refractivity contribution >= 4 is 28.6 Å². The molecule has 0 spiro atoms. The molecular formula is C17H22N2OS2. The Kier molecular flexibility index (Phi) is 5.26. The number of thiazole rings is 1. The average Bonchev–Trinajstić information content (AvgIpc) is 3.20. The van der Waals surface area contributed by atoms with Gasteiger partial charge in [0.1, 0.15) is 0 Å². The molecule has 118 valence electrons. The molecule has 0 atom stereocenters. The first-order valence-corrected chi connectivity index (χ1v) is 9.68. The molecule has 22 heavy (non-hydrogen) atoms. The number of carbonyl (C=O) groups excluding carboxylic acids is 1. The molecule has 0 radical (unpaired) electrons. The number of nitrogens with zero attached hydrogens (tertiary/aromatic N) is 1. The third-order valence-electron chi connectivity index (χ3n) is 4.18. The topological polar surface area (TPSA) is 42.0 Å². The maximum absolute atomic E-state index is 11.9. The summed E-state index contributed by atoms with van der Waals surface area (Å²) >= 11 is 3.46. The van der Waals surface area contributed by atoms with Gasteiger partial charge in [-0.25, -0.2) is 4.98 Å². The lowest BCUT2D eigenvalue weighted by Crippen LogP contribution is -2.26. The van der Waals surface area contributed by atoms with Gasteiger partial charge in [-0.05, 0) is 44.2 Å². The standard InChI is InChI=1S/C17H22N2OS2/c1-12-19-15(11-21-12)16-7-6-14(22-16)8-9-18-17(20)10-13-4-2-3-5-13/h6-7,11,13H,2-5,8-10H2,1H3,(H,18,20). The molecule has 2 heterocycles. The van der Waals surface area contributed by atoms with Crippen molar-refractivity contribution in [3.63, 3.8) is 0 Å². The summed E-state index contributed by atoms with van der Waals surface area (Å²) in [6.07, 6.45) is 6.68. The number of aromatic nitrogens is 1. The van der Waals surface area contributed by atoms with Crippen LogP contribution in [0, 0.1) is 12.8 Å². The minimum atomic E-state index is 0.221. The third-order valence-corrected chi connectivity index (χ3v) is 6.12. The molecule has 1 amide bonds. The van der Waals surface area contributed by atoms with Crippen LogP contribution in [-0.4, -0.2) is 17.4 Å². The second-order valence-electron chi connectivity index (χ2n) is 5.97. The first-order chi connectivity index (χ1) is 10.7. The molecule has 3 nitrogen and oxygen atoms in total. The largest absolute Gasteiger partial charge is 0.356 e. The van der Waals surface area contributed by atoms with Crippen molar-refractivity contribution in [2.45, 2.75) is 45.4 Å². The number of hydrogen-bond acceptors (Lipinski definition) is 4. The molecule has 0 aliphatic heterocycles. The molecule has 2 aromatic heterocycles. The van der Waals surface area contributed by atoms with E-state index in [2.05, 4.69) is 27.8 Å². The summed E-state index contributed by atoms with van der Waals surface area (Å²) < 4.78 is 0. The van der Waals surface area contributed by atoms with Gasteiger partial charge in [-0.2, -0.15) is 0 Å². The molecular weight excluding hydrogens is 312 g/mol. The van der Waals surface area contributed by atoms with Crippen molar-refractivity contribution in [3.8, 4) is 10.6 Å². The summed E-state index contributed by atoms with van der Waals surface area (Å²) in [6.45, 7) is 2.77. The predicted octanol–water partition coefficient (Wildman–Crippen LogP) is 4.42. The molecule has 0 bridgehead atoms. The Bertz CT molecular complexity index is 626. The van der Waals surface area contributed by atoms with Gasteiger partial charge in [0.05, 0.1) is 15.6 Å². The van der Waals surface area contributed by atoms with Crippen molar-refractivity contribution in [1.82, 2.24) is 10.3 Å². The Morgan fingerprint density at radius 3 is 2.91 bits per heavy atom. The lowest BCUT2D eigenvalue weighted by Gasteiger charge is -2.08. The summed E-state index contributed by atoms with van der Waals surface area (Å²) in [5.41, 5.74) is 1.07. The van der Waals surface area contributed by atoms with Crippen molar-refractivity contribution < 1.29 is 4.79 Å². The highest BCUT2D eigenvalue weighted by atomic mass is 32.1. The molecule has 0 aromatic carbocycles. The predicted molar refractivity (Wildman–Crippen MR) is 93.5 cm³/mol. The number of thiophene rings is 1. The molecule has 1 fully saturated rings. The molecule has 2 aromatic rings. The van der Waals surface area contributed by atoms with E-state index in [4.69, 9.17) is 0 Å². The lowest BCUT2D eigenvalue weighted by molar-refractivity contribution is -0.121. The first-order valence-electron chi connectivity index (χ1n) is 7.98. The van der Waals surface area contributed by atoms with Crippen LogP contribution >= 0.6 is 22.7 Å². The van der Waals surface area contributed by atoms with Crippen LogP contribution in [0.5, 0.6) is 0 Å². The van der Waals surface area contributed by atoms with Crippen molar-refractivity contribution in [3.05, 3.63) is 27.4 Å². The minimum Gasteiger partial charge on any atom is -0.356 e. The van der Waals surface area contributed by atoms with Crippen molar-refractivity contribution in [2.75, 3.05) is 6.54 Å². The van der Waals surface area contributed by atoms with Crippen LogP contribution < -0.4 is 5.32 Å². The molecule has 1 N–H and O–H groups in total. The smallest absolute Gasteiger partial charge is 0.220 e. The summed E-state index contributed by atoms with van der Waals surface area (Å²) in [7, 11) is 0. The number of nitrogens with one attached hydrogen (secondary N) is 1. The SMILES string of the molecule is Cc1nc(-c2ccc(CCNC(=O)CC3CCCC3)s2)cs1. The van der Waals surface area contributed by atoms with Crippen LogP contribution in [-0.2, 0) is 11.2 Å². The van der Waals surface area contributed by atoms with Gasteiger partial charge in [0.25, 0.3) is 0 Å². The summed E-state index contributed by atoms with van der Waals surface area (Å²) in [6, 6.07) is 4.28. The third kappa shape index (κ3) is 4.17. The minimum absolute atomic E-state index is 0.221. The average molecular weight is 335 g/mol. The Labute approximate surface area is 139 Å². The van der Waals surface area contributed by atoms with Crippen molar-refractivity contribution in [2.24, 2.45) is 5.92 Å². The molecule has 3 rings (SSSR count). The van der Waals surface area contributed by atoms with E-state index in [0.29, 0.717) is 12.3 Å². The monoisotopic (exact) mass is 334 g/mol. The second kappa shape index (κ2) is 7.38. The number of aryl methyl sites for hydroxylation is 1. The Morgan fingerprint density at radius 1 is 1.36 bits per heavy atom. The number of hydrogen-bond donors (Lipinski definition) is 1. The fourth-order valence-corrected chi connectivity index (χ4v) is 4.66. The fraction of sp³-hybridized carbons (Fsp3) is 0.529. The number of rotatable bonds is 6. The van der Waals surface area contributed by atoms with Gasteiger partial charge >= 0.3 is 0 Å². The van der Waals surface area contributed by atoms with E-state index in [9.17, 15) is 4.79 Å². The van der Waals surface area contributed by atoms with E-state index in [1.54, 1.807) is 22.7 Å². The van der Waals surface area contributed by atoms with Gasteiger partial charge < -0.3 is 5.32 Å². The first kappa shape index (κ1) is 15.7. The highest BCUT2D eigenvalue weighted by Crippen LogP contribution is 2.29. The second-order valence-corrected chi connectivity index (χ2v) is 8.20. The van der Waals surface area contributed by atoms with Gasteiger partial charge in [-0.15, -0.1) is 22.7 Å². The van der Waals surface area contributed by atoms with Crippen LogP contribution in [0.25, 0.3) is 10.6 Å². The highest BCUT2D eigenvalue weighted by Gasteiger charge is 2.18. The Morgan fingerprint density at radius 2 is 2.18 bits per heavy atom. The van der Waals surface area contributed by atoms with E-state index in [1.165, 1.54) is 35.4 Å². The van der Waals surface area contributed by atoms with Crippen LogP contribution in [0.4, 0.5) is 0 Å². The molecule has 5 heteroatoms. The maximum atomic E-state index is 11.9. The Hall–Kier alpha value is -1.20. The van der Waals surface area contributed by atoms with Gasteiger partial charge in [-0.3, -0.25) is 4.79 Å². The maximum Gasteiger partial charge on any atom is 0.220 e. The van der Waals surface area contributed by atoms with Gasteiger partial charge in [0, 0.05) is 23.2 Å². The van der Waals surface area contributed by atoms with E-state index in [-0.39, 0.29) is 5.91 Å². The van der Waals surface area contributed by atoms with E-state index >= 15 is 0 Å². The van der Waals surface area contributed by atoms with Gasteiger partial charge in [-0.1, -0.05) is 12.8 Å². The zero-order valence-corrected chi connectivity index (χ0v) is 14.6. The molecule has 1 aliphatic rings. The molecule has 0 unspecified atom stereocenters. The van der Waals surface area contributed by atoms with E-state index < -0.39 is 0 Å². The van der Waals surface area contributed by atoms with Crippen LogP contribution in [0.1, 0.15) is 42.0 Å². The lowest BCUT2D eigenvalue weighted by atomic mass is 10.0. The molecule has 0 saturated heterocycles. The summed E-state index contributed by atoms with van der Waals surface area (Å²) in [5.74, 6) is 0.847. The molecule has 1 aliphatic carbocycles. The zero-order chi connectivity index (χ0) is 15.4. The van der Waals surface area contributed by atoms with Gasteiger partial charge in [0.2, 0.25) is 5.91 Å². The van der Waals surface area contributed by atoms with E-state index in [0.717, 1.165) is 23.7 Å². The highest BCUT2D eigenvalue weighted by molar-refractivity contribution is 7.16. The zero-order valence-electron chi connectivity index (χ0n) is 12.9. The fourth-order valence-electron chi connectivity index (χ4n) is 3.00. The van der Waals surface area contributed by atoms with Crippen LogP contribution in [0.15, 0.2) is 17.5 Å².